The summed E-state index contributed by atoms with van der Waals surface area (Å²) >= 11 is 0. The van der Waals surface area contributed by atoms with Gasteiger partial charge in [-0.2, -0.15) is 10.1 Å². The highest BCUT2D eigenvalue weighted by atomic mass is 16.2. The number of hydrazone groups is 1. The van der Waals surface area contributed by atoms with Gasteiger partial charge in [-0.3, -0.25) is 18.9 Å². The van der Waals surface area contributed by atoms with Crippen molar-refractivity contribution < 1.29 is 0 Å². The number of fused-ring (bicyclic) bond motifs is 1. The van der Waals surface area contributed by atoms with E-state index in [0.29, 0.717) is 17.1 Å². The Balaban J connectivity index is 1.73. The zero-order chi connectivity index (χ0) is 21.3. The molecule has 3 heterocycles. The topological polar surface area (TPSA) is 99.1 Å². The Hall–Kier alpha value is -4.01. The van der Waals surface area contributed by atoms with Crippen LogP contribution < -0.4 is 16.7 Å². The van der Waals surface area contributed by atoms with Gasteiger partial charge >= 0.3 is 5.69 Å². The summed E-state index contributed by atoms with van der Waals surface area (Å²) in [4.78, 5) is 34.3. The molecule has 4 aromatic rings. The summed E-state index contributed by atoms with van der Waals surface area (Å²) in [5, 5.41) is 4.15. The van der Waals surface area contributed by atoms with Crippen LogP contribution in [-0.4, -0.2) is 29.9 Å². The van der Waals surface area contributed by atoms with Crippen LogP contribution in [0.2, 0.25) is 0 Å². The van der Waals surface area contributed by atoms with Crippen molar-refractivity contribution in [3.05, 3.63) is 86.3 Å². The number of aryl methyl sites for hydroxylation is 3. The Labute approximate surface area is 172 Å². The second-order valence-corrected chi connectivity index (χ2v) is 7.04. The van der Waals surface area contributed by atoms with Gasteiger partial charge in [0.05, 0.1) is 12.8 Å². The number of benzene rings is 1. The average Bonchev–Trinajstić information content (AvgIpc) is 3.08. The number of nitrogens with zero attached hydrogens (tertiary/aromatic N) is 6. The minimum Gasteiger partial charge on any atom is -0.306 e. The van der Waals surface area contributed by atoms with Crippen molar-refractivity contribution >= 4 is 23.3 Å². The van der Waals surface area contributed by atoms with Crippen molar-refractivity contribution in [2.45, 2.75) is 13.5 Å². The lowest BCUT2D eigenvalue weighted by atomic mass is 10.1. The fraction of sp³-hybridized carbons (Fsp3) is 0.190. The van der Waals surface area contributed by atoms with Crippen molar-refractivity contribution in [3.63, 3.8) is 0 Å². The number of anilines is 1. The van der Waals surface area contributed by atoms with Crippen LogP contribution in [0.25, 0.3) is 11.2 Å². The van der Waals surface area contributed by atoms with Crippen LogP contribution in [0.15, 0.2) is 63.5 Å². The van der Waals surface area contributed by atoms with Gasteiger partial charge in [-0.25, -0.2) is 10.2 Å². The average molecular weight is 403 g/mol. The number of hydrogen-bond acceptors (Lipinski definition) is 6. The Morgan fingerprint density at radius 2 is 1.87 bits per heavy atom. The highest BCUT2D eigenvalue weighted by Gasteiger charge is 2.18. The molecule has 0 amide bonds. The van der Waals surface area contributed by atoms with Crippen molar-refractivity contribution in [3.8, 4) is 0 Å². The molecule has 0 aliphatic heterocycles. The second-order valence-electron chi connectivity index (χ2n) is 7.04. The number of rotatable bonds is 5. The van der Waals surface area contributed by atoms with Crippen LogP contribution >= 0.6 is 0 Å². The normalized spacial score (nSPS) is 11.4. The first kappa shape index (κ1) is 19.3. The molecule has 1 N–H and O–H groups in total. The lowest BCUT2D eigenvalue weighted by Gasteiger charge is -2.09. The third kappa shape index (κ3) is 3.52. The van der Waals surface area contributed by atoms with Crippen LogP contribution in [0.5, 0.6) is 0 Å². The van der Waals surface area contributed by atoms with Gasteiger partial charge in [-0.15, -0.1) is 0 Å². The van der Waals surface area contributed by atoms with E-state index in [9.17, 15) is 9.59 Å². The molecule has 0 bridgehead atoms. The van der Waals surface area contributed by atoms with E-state index in [1.165, 1.54) is 9.13 Å². The van der Waals surface area contributed by atoms with Gasteiger partial charge < -0.3 is 4.57 Å². The van der Waals surface area contributed by atoms with Gasteiger partial charge in [0.1, 0.15) is 0 Å². The van der Waals surface area contributed by atoms with Crippen molar-refractivity contribution in [1.82, 2.24) is 23.7 Å². The number of pyridine rings is 1. The fourth-order valence-electron chi connectivity index (χ4n) is 3.18. The first-order valence-electron chi connectivity index (χ1n) is 9.36. The number of hydrogen-bond donors (Lipinski definition) is 1. The van der Waals surface area contributed by atoms with Gasteiger partial charge in [0, 0.05) is 32.1 Å². The Kier molecular flexibility index (Phi) is 5.01. The predicted molar refractivity (Wildman–Crippen MR) is 116 cm³/mol. The predicted octanol–water partition coefficient (Wildman–Crippen LogP) is 1.63. The number of imidazole rings is 1. The quantitative estimate of drug-likeness (QED) is 0.403. The summed E-state index contributed by atoms with van der Waals surface area (Å²) in [5.41, 5.74) is 5.44. The SMILES string of the molecule is Cc1ccc(Cn2c(=O)c3c(nc(N/N=C/c4cccnc4)n3C)n(C)c2=O)cc1. The molecule has 0 saturated heterocycles. The maximum absolute atomic E-state index is 13.1. The zero-order valence-corrected chi connectivity index (χ0v) is 16.9. The van der Waals surface area contributed by atoms with Gasteiger partial charge in [0.2, 0.25) is 5.95 Å². The maximum atomic E-state index is 13.1. The zero-order valence-electron chi connectivity index (χ0n) is 16.9. The van der Waals surface area contributed by atoms with Gasteiger partial charge in [0.25, 0.3) is 5.56 Å². The molecule has 0 aliphatic carbocycles. The minimum atomic E-state index is -0.420. The number of aromatic nitrogens is 5. The van der Waals surface area contributed by atoms with Gasteiger partial charge in [0.15, 0.2) is 11.2 Å². The van der Waals surface area contributed by atoms with Crippen LogP contribution in [0.4, 0.5) is 5.95 Å². The molecular weight excluding hydrogens is 382 g/mol. The molecule has 3 aromatic heterocycles. The third-order valence-corrected chi connectivity index (χ3v) is 4.88. The monoisotopic (exact) mass is 403 g/mol. The summed E-state index contributed by atoms with van der Waals surface area (Å²) < 4.78 is 4.20. The molecule has 0 atom stereocenters. The molecule has 0 unspecified atom stereocenters. The van der Waals surface area contributed by atoms with E-state index in [-0.39, 0.29) is 6.54 Å². The summed E-state index contributed by atoms with van der Waals surface area (Å²) in [5.74, 6) is 0.352. The lowest BCUT2D eigenvalue weighted by molar-refractivity contribution is 0.655. The molecule has 9 heteroatoms. The summed E-state index contributed by atoms with van der Waals surface area (Å²) in [6.07, 6.45) is 4.95. The van der Waals surface area contributed by atoms with E-state index in [2.05, 4.69) is 20.5 Å². The van der Waals surface area contributed by atoms with E-state index >= 15 is 0 Å². The van der Waals surface area contributed by atoms with Crippen LogP contribution in [-0.2, 0) is 20.6 Å². The van der Waals surface area contributed by atoms with E-state index in [1.807, 2.05) is 43.3 Å². The highest BCUT2D eigenvalue weighted by molar-refractivity contribution is 5.80. The molecule has 30 heavy (non-hydrogen) atoms. The van der Waals surface area contributed by atoms with Gasteiger partial charge in [-0.1, -0.05) is 35.9 Å². The molecule has 152 valence electrons. The van der Waals surface area contributed by atoms with E-state index in [0.717, 1.165) is 16.7 Å². The third-order valence-electron chi connectivity index (χ3n) is 4.88. The smallest absolute Gasteiger partial charge is 0.306 e. The standard InChI is InChI=1S/C21H21N7O2/c1-14-6-8-15(9-7-14)13-28-19(29)17-18(27(3)21(28)30)24-20(26(17)2)25-23-12-16-5-4-10-22-11-16/h4-12H,13H2,1-3H3,(H,24,25)/b23-12+. The minimum absolute atomic E-state index is 0.189. The van der Waals surface area contributed by atoms with Crippen molar-refractivity contribution in [1.29, 1.82) is 0 Å². The molecular formula is C21H21N7O2. The largest absolute Gasteiger partial charge is 0.332 e. The van der Waals surface area contributed by atoms with E-state index < -0.39 is 11.2 Å². The van der Waals surface area contributed by atoms with Crippen LogP contribution in [0.1, 0.15) is 16.7 Å². The molecule has 0 spiro atoms. The first-order valence-corrected chi connectivity index (χ1v) is 9.36. The summed E-state index contributed by atoms with van der Waals surface area (Å²) in [6.45, 7) is 2.18. The molecule has 9 nitrogen and oxygen atoms in total. The Morgan fingerprint density at radius 1 is 1.10 bits per heavy atom. The fourth-order valence-corrected chi connectivity index (χ4v) is 3.18. The molecule has 0 saturated carbocycles. The maximum Gasteiger partial charge on any atom is 0.332 e. The lowest BCUT2D eigenvalue weighted by Crippen LogP contribution is -2.39. The highest BCUT2D eigenvalue weighted by Crippen LogP contribution is 2.13. The van der Waals surface area contributed by atoms with Crippen molar-refractivity contribution in [2.75, 3.05) is 5.43 Å². The molecule has 0 aliphatic rings. The van der Waals surface area contributed by atoms with E-state index in [4.69, 9.17) is 0 Å². The Bertz CT molecular complexity index is 1350. The Morgan fingerprint density at radius 3 is 2.57 bits per heavy atom. The van der Waals surface area contributed by atoms with Crippen LogP contribution in [0.3, 0.4) is 0 Å². The van der Waals surface area contributed by atoms with Crippen LogP contribution in [0, 0.1) is 6.92 Å². The van der Waals surface area contributed by atoms with E-state index in [1.54, 1.807) is 37.3 Å². The summed E-state index contributed by atoms with van der Waals surface area (Å²) in [6, 6.07) is 11.4. The molecule has 4 rings (SSSR count). The summed E-state index contributed by atoms with van der Waals surface area (Å²) in [7, 11) is 3.31. The molecule has 0 fully saturated rings. The van der Waals surface area contributed by atoms with Gasteiger partial charge in [-0.05, 0) is 18.6 Å². The first-order chi connectivity index (χ1) is 14.5. The molecule has 1 aromatic carbocycles. The number of nitrogens with one attached hydrogen (secondary N) is 1. The molecule has 0 radical (unpaired) electrons. The second kappa shape index (κ2) is 7.78. The van der Waals surface area contributed by atoms with Crippen molar-refractivity contribution in [2.24, 2.45) is 19.2 Å².